The van der Waals surface area contributed by atoms with Crippen molar-refractivity contribution in [1.29, 1.82) is 0 Å². The van der Waals surface area contributed by atoms with Crippen molar-refractivity contribution in [2.45, 2.75) is 26.3 Å². The highest BCUT2D eigenvalue weighted by Gasteiger charge is 2.37. The molecule has 2 heterocycles. The molecule has 1 fully saturated rings. The van der Waals surface area contributed by atoms with Crippen LogP contribution in [0.1, 0.15) is 25.6 Å². The first-order valence-electron chi connectivity index (χ1n) is 6.00. The molecule has 2 amide bonds. The van der Waals surface area contributed by atoms with Gasteiger partial charge < -0.3 is 15.3 Å². The number of carboxylic acid groups (broad SMARTS) is 1. The van der Waals surface area contributed by atoms with Gasteiger partial charge in [0.25, 0.3) is 0 Å². The van der Waals surface area contributed by atoms with Crippen molar-refractivity contribution < 1.29 is 14.7 Å². The third-order valence-corrected chi connectivity index (χ3v) is 3.46. The average Bonchev–Trinajstić information content (AvgIpc) is 2.90. The van der Waals surface area contributed by atoms with Crippen LogP contribution in [-0.4, -0.2) is 55.7 Å². The fraction of sp³-hybridized carbons (Fsp3) is 0.700. The van der Waals surface area contributed by atoms with E-state index in [1.165, 1.54) is 0 Å². The SMILES string of the molecule is CC1(C(=O)O)CCN(C(=O)NCc2nn[nH]n2)CC1. The van der Waals surface area contributed by atoms with E-state index in [1.807, 2.05) is 0 Å². The van der Waals surface area contributed by atoms with Crippen molar-refractivity contribution in [3.63, 3.8) is 0 Å². The molecular weight excluding hydrogens is 252 g/mol. The topological polar surface area (TPSA) is 124 Å². The normalized spacial score (nSPS) is 18.1. The third-order valence-electron chi connectivity index (χ3n) is 3.46. The molecule has 0 radical (unpaired) electrons. The van der Waals surface area contributed by atoms with E-state index in [2.05, 4.69) is 25.9 Å². The molecule has 1 aliphatic rings. The van der Waals surface area contributed by atoms with Crippen LogP contribution in [0, 0.1) is 5.41 Å². The van der Waals surface area contributed by atoms with Gasteiger partial charge in [0.05, 0.1) is 12.0 Å². The summed E-state index contributed by atoms with van der Waals surface area (Å²) in [4.78, 5) is 24.5. The molecule has 104 valence electrons. The van der Waals surface area contributed by atoms with Crippen molar-refractivity contribution in [3.8, 4) is 0 Å². The molecule has 0 saturated carbocycles. The number of rotatable bonds is 3. The lowest BCUT2D eigenvalue weighted by molar-refractivity contribution is -0.150. The van der Waals surface area contributed by atoms with E-state index in [4.69, 9.17) is 5.11 Å². The van der Waals surface area contributed by atoms with E-state index in [1.54, 1.807) is 11.8 Å². The number of aliphatic carboxylic acids is 1. The number of carbonyl (C=O) groups is 2. The maximum absolute atomic E-state index is 11.9. The van der Waals surface area contributed by atoms with Crippen LogP contribution < -0.4 is 5.32 Å². The lowest BCUT2D eigenvalue weighted by Crippen LogP contribution is -2.48. The number of aromatic nitrogens is 4. The predicted molar refractivity (Wildman–Crippen MR) is 63.0 cm³/mol. The minimum atomic E-state index is -0.806. The Bertz CT molecular complexity index is 452. The summed E-state index contributed by atoms with van der Waals surface area (Å²) in [7, 11) is 0. The number of aromatic amines is 1. The number of piperidine rings is 1. The molecule has 2 rings (SSSR count). The van der Waals surface area contributed by atoms with Crippen LogP contribution >= 0.6 is 0 Å². The third kappa shape index (κ3) is 2.98. The van der Waals surface area contributed by atoms with Crippen molar-refractivity contribution in [3.05, 3.63) is 5.82 Å². The monoisotopic (exact) mass is 268 g/mol. The molecule has 1 aromatic rings. The molecule has 0 bridgehead atoms. The Morgan fingerprint density at radius 1 is 1.47 bits per heavy atom. The van der Waals surface area contributed by atoms with Gasteiger partial charge in [0, 0.05) is 13.1 Å². The molecule has 1 aromatic heterocycles. The number of nitrogens with one attached hydrogen (secondary N) is 2. The molecule has 3 N–H and O–H groups in total. The number of nitrogens with zero attached hydrogens (tertiary/aromatic N) is 4. The van der Waals surface area contributed by atoms with E-state index in [9.17, 15) is 9.59 Å². The van der Waals surface area contributed by atoms with E-state index in [0.29, 0.717) is 31.8 Å². The molecule has 0 atom stereocenters. The Balaban J connectivity index is 1.81. The Morgan fingerprint density at radius 2 is 2.16 bits per heavy atom. The predicted octanol–water partition coefficient (Wildman–Crippen LogP) is -0.404. The van der Waals surface area contributed by atoms with E-state index >= 15 is 0 Å². The molecule has 0 aromatic carbocycles. The van der Waals surface area contributed by atoms with Gasteiger partial charge in [0.15, 0.2) is 5.82 Å². The average molecular weight is 268 g/mol. The van der Waals surface area contributed by atoms with Gasteiger partial charge in [-0.3, -0.25) is 4.79 Å². The first kappa shape index (κ1) is 13.2. The summed E-state index contributed by atoms with van der Waals surface area (Å²) < 4.78 is 0. The van der Waals surface area contributed by atoms with Crippen LogP contribution in [-0.2, 0) is 11.3 Å². The first-order chi connectivity index (χ1) is 9.01. The highest BCUT2D eigenvalue weighted by Crippen LogP contribution is 2.30. The lowest BCUT2D eigenvalue weighted by Gasteiger charge is -2.36. The van der Waals surface area contributed by atoms with E-state index in [-0.39, 0.29) is 12.6 Å². The Labute approximate surface area is 109 Å². The second-order valence-electron chi connectivity index (χ2n) is 4.84. The highest BCUT2D eigenvalue weighted by molar-refractivity contribution is 5.76. The molecule has 0 unspecified atom stereocenters. The van der Waals surface area contributed by atoms with Crippen molar-refractivity contribution in [2.75, 3.05) is 13.1 Å². The Kier molecular flexibility index (Phi) is 3.63. The quantitative estimate of drug-likeness (QED) is 0.685. The van der Waals surface area contributed by atoms with Gasteiger partial charge in [-0.15, -0.1) is 10.2 Å². The van der Waals surface area contributed by atoms with Crippen molar-refractivity contribution in [1.82, 2.24) is 30.8 Å². The maximum atomic E-state index is 11.9. The summed E-state index contributed by atoms with van der Waals surface area (Å²) in [5.41, 5.74) is -0.732. The zero-order valence-corrected chi connectivity index (χ0v) is 10.6. The van der Waals surface area contributed by atoms with Crippen molar-refractivity contribution >= 4 is 12.0 Å². The molecule has 9 nitrogen and oxygen atoms in total. The zero-order valence-electron chi connectivity index (χ0n) is 10.6. The van der Waals surface area contributed by atoms with Gasteiger partial charge in [0.1, 0.15) is 0 Å². The minimum Gasteiger partial charge on any atom is -0.481 e. The number of carboxylic acids is 1. The summed E-state index contributed by atoms with van der Waals surface area (Å²) in [6.07, 6.45) is 0.913. The Morgan fingerprint density at radius 3 is 2.68 bits per heavy atom. The number of carbonyl (C=O) groups excluding carboxylic acids is 1. The summed E-state index contributed by atoms with van der Waals surface area (Å²) in [5, 5.41) is 24.9. The molecule has 1 aliphatic heterocycles. The number of hydrogen-bond acceptors (Lipinski definition) is 5. The molecule has 1 saturated heterocycles. The van der Waals surface area contributed by atoms with Gasteiger partial charge in [-0.05, 0) is 19.8 Å². The van der Waals surface area contributed by atoms with Gasteiger partial charge in [0.2, 0.25) is 0 Å². The Hall–Kier alpha value is -2.19. The summed E-state index contributed by atoms with van der Waals surface area (Å²) in [6.45, 7) is 2.77. The largest absolute Gasteiger partial charge is 0.481 e. The lowest BCUT2D eigenvalue weighted by atomic mass is 9.80. The number of likely N-dealkylation sites (tertiary alicyclic amines) is 1. The molecule has 0 spiro atoms. The highest BCUT2D eigenvalue weighted by atomic mass is 16.4. The smallest absolute Gasteiger partial charge is 0.317 e. The fourth-order valence-electron chi connectivity index (χ4n) is 1.94. The number of amides is 2. The molecule has 19 heavy (non-hydrogen) atoms. The second-order valence-corrected chi connectivity index (χ2v) is 4.84. The molecule has 9 heteroatoms. The van der Waals surface area contributed by atoms with E-state index in [0.717, 1.165) is 0 Å². The summed E-state index contributed by atoms with van der Waals surface area (Å²) in [5.74, 6) is -0.403. The minimum absolute atomic E-state index is 0.196. The number of urea groups is 1. The van der Waals surface area contributed by atoms with Crippen LogP contribution in [0.3, 0.4) is 0 Å². The van der Waals surface area contributed by atoms with Crippen molar-refractivity contribution in [2.24, 2.45) is 5.41 Å². The number of tetrazole rings is 1. The molecular formula is C10H16N6O3. The molecule has 0 aliphatic carbocycles. The number of hydrogen-bond donors (Lipinski definition) is 3. The maximum Gasteiger partial charge on any atom is 0.317 e. The van der Waals surface area contributed by atoms with E-state index < -0.39 is 11.4 Å². The summed E-state index contributed by atoms with van der Waals surface area (Å²) in [6, 6.07) is -0.239. The standard InChI is InChI=1S/C10H16N6O3/c1-10(8(17)18)2-4-16(5-3-10)9(19)11-6-7-12-14-15-13-7/h2-6H2,1H3,(H,11,19)(H,17,18)(H,12,13,14,15). The van der Waals surface area contributed by atoms with Crippen LogP contribution in [0.5, 0.6) is 0 Å². The summed E-state index contributed by atoms with van der Waals surface area (Å²) >= 11 is 0. The van der Waals surface area contributed by atoms with Crippen LogP contribution in [0.4, 0.5) is 4.79 Å². The number of H-pyrrole nitrogens is 1. The second kappa shape index (κ2) is 5.21. The van der Waals surface area contributed by atoms with Gasteiger partial charge in [-0.1, -0.05) is 5.21 Å². The zero-order chi connectivity index (χ0) is 13.9. The van der Waals surface area contributed by atoms with Crippen LogP contribution in [0.15, 0.2) is 0 Å². The van der Waals surface area contributed by atoms with Crippen LogP contribution in [0.2, 0.25) is 0 Å². The van der Waals surface area contributed by atoms with Gasteiger partial charge >= 0.3 is 12.0 Å². The van der Waals surface area contributed by atoms with Crippen LogP contribution in [0.25, 0.3) is 0 Å². The first-order valence-corrected chi connectivity index (χ1v) is 6.00. The van der Waals surface area contributed by atoms with Gasteiger partial charge in [-0.25, -0.2) is 4.79 Å². The fourth-order valence-corrected chi connectivity index (χ4v) is 1.94. The van der Waals surface area contributed by atoms with Gasteiger partial charge in [-0.2, -0.15) is 5.21 Å².